The highest BCUT2D eigenvalue weighted by molar-refractivity contribution is 9.10. The Labute approximate surface area is 117 Å². The normalized spacial score (nSPS) is 19.3. The molecule has 1 aromatic rings. The lowest BCUT2D eigenvalue weighted by molar-refractivity contribution is -0.384. The Morgan fingerprint density at radius 2 is 2.28 bits per heavy atom. The van der Waals surface area contributed by atoms with Gasteiger partial charge >= 0.3 is 0 Å². The van der Waals surface area contributed by atoms with Gasteiger partial charge in [-0.25, -0.2) is 0 Å². The molecule has 18 heavy (non-hydrogen) atoms. The fourth-order valence-electron chi connectivity index (χ4n) is 1.98. The van der Waals surface area contributed by atoms with Crippen molar-refractivity contribution in [1.29, 1.82) is 0 Å². The number of amides is 1. The standard InChI is InChI=1S/C11H10BrClN2O3/c12-8-1-2-9(15(17)18)10(4-8)14-6-7(5-13)3-11(14)16/h1-2,4,7H,3,5-6H2. The second-order valence-electron chi connectivity index (χ2n) is 4.12. The summed E-state index contributed by atoms with van der Waals surface area (Å²) < 4.78 is 0.699. The van der Waals surface area contributed by atoms with Crippen LogP contribution >= 0.6 is 27.5 Å². The van der Waals surface area contributed by atoms with Crippen LogP contribution in [0.2, 0.25) is 0 Å². The third-order valence-corrected chi connectivity index (χ3v) is 3.78. The van der Waals surface area contributed by atoms with Gasteiger partial charge in [-0.05, 0) is 18.1 Å². The number of carbonyl (C=O) groups excluding carboxylic acids is 1. The number of hydrogen-bond donors (Lipinski definition) is 0. The van der Waals surface area contributed by atoms with E-state index in [2.05, 4.69) is 15.9 Å². The third-order valence-electron chi connectivity index (χ3n) is 2.85. The van der Waals surface area contributed by atoms with Crippen LogP contribution in [0.3, 0.4) is 0 Å². The number of halogens is 2. The molecule has 1 amide bonds. The van der Waals surface area contributed by atoms with E-state index in [1.54, 1.807) is 12.1 Å². The lowest BCUT2D eigenvalue weighted by atomic mass is 10.1. The first-order valence-electron chi connectivity index (χ1n) is 5.33. The third kappa shape index (κ3) is 2.49. The van der Waals surface area contributed by atoms with Gasteiger partial charge < -0.3 is 4.90 Å². The zero-order valence-electron chi connectivity index (χ0n) is 9.31. The summed E-state index contributed by atoms with van der Waals surface area (Å²) in [4.78, 5) is 23.8. The Morgan fingerprint density at radius 1 is 1.56 bits per heavy atom. The molecule has 0 spiro atoms. The number of nitro groups is 1. The summed E-state index contributed by atoms with van der Waals surface area (Å²) in [6.07, 6.45) is 0.340. The average molecular weight is 334 g/mol. The van der Waals surface area contributed by atoms with Gasteiger partial charge in [0.15, 0.2) is 0 Å². The Kier molecular flexibility index (Phi) is 3.87. The minimum atomic E-state index is -0.483. The second-order valence-corrected chi connectivity index (χ2v) is 5.34. The molecule has 1 fully saturated rings. The van der Waals surface area contributed by atoms with Crippen LogP contribution in [-0.4, -0.2) is 23.3 Å². The van der Waals surface area contributed by atoms with Crippen molar-refractivity contribution in [1.82, 2.24) is 0 Å². The zero-order valence-corrected chi connectivity index (χ0v) is 11.6. The number of rotatable bonds is 3. The predicted molar refractivity (Wildman–Crippen MR) is 72.0 cm³/mol. The summed E-state index contributed by atoms with van der Waals surface area (Å²) in [6, 6.07) is 4.56. The minimum Gasteiger partial charge on any atom is -0.306 e. The summed E-state index contributed by atoms with van der Waals surface area (Å²) in [6.45, 7) is 0.430. The molecule has 0 bridgehead atoms. The lowest BCUT2D eigenvalue weighted by Gasteiger charge is -2.16. The smallest absolute Gasteiger partial charge is 0.293 e. The zero-order chi connectivity index (χ0) is 13.3. The van der Waals surface area contributed by atoms with Gasteiger partial charge in [0.25, 0.3) is 5.69 Å². The number of hydrogen-bond acceptors (Lipinski definition) is 3. The summed E-state index contributed by atoms with van der Waals surface area (Å²) in [7, 11) is 0. The first-order chi connectivity index (χ1) is 8.52. The van der Waals surface area contributed by atoms with Crippen molar-refractivity contribution in [2.24, 2.45) is 5.92 Å². The number of nitrogens with zero attached hydrogens (tertiary/aromatic N) is 2. The Morgan fingerprint density at radius 3 is 2.83 bits per heavy atom. The molecule has 7 heteroatoms. The maximum atomic E-state index is 11.9. The average Bonchev–Trinajstić information content (AvgIpc) is 2.70. The van der Waals surface area contributed by atoms with Gasteiger partial charge in [-0.15, -0.1) is 11.6 Å². The number of carbonyl (C=O) groups is 1. The van der Waals surface area contributed by atoms with Crippen molar-refractivity contribution in [2.75, 3.05) is 17.3 Å². The van der Waals surface area contributed by atoms with E-state index in [4.69, 9.17) is 11.6 Å². The SMILES string of the molecule is O=C1CC(CCl)CN1c1cc(Br)ccc1[N+](=O)[O-]. The molecule has 5 nitrogen and oxygen atoms in total. The molecule has 0 aliphatic carbocycles. The van der Waals surface area contributed by atoms with Crippen LogP contribution < -0.4 is 4.90 Å². The highest BCUT2D eigenvalue weighted by Gasteiger charge is 2.33. The maximum Gasteiger partial charge on any atom is 0.293 e. The predicted octanol–water partition coefficient (Wildman–Crippen LogP) is 2.95. The van der Waals surface area contributed by atoms with E-state index in [-0.39, 0.29) is 17.5 Å². The van der Waals surface area contributed by atoms with Gasteiger partial charge in [0.05, 0.1) is 4.92 Å². The Bertz CT molecular complexity index is 509. The van der Waals surface area contributed by atoms with E-state index >= 15 is 0 Å². The molecule has 1 aliphatic rings. The molecule has 96 valence electrons. The second kappa shape index (κ2) is 5.24. The fourth-order valence-corrected chi connectivity index (χ4v) is 2.54. The van der Waals surface area contributed by atoms with Crippen LogP contribution in [0.25, 0.3) is 0 Å². The van der Waals surface area contributed by atoms with E-state index in [1.165, 1.54) is 11.0 Å². The first kappa shape index (κ1) is 13.3. The molecule has 0 N–H and O–H groups in total. The van der Waals surface area contributed by atoms with Crippen LogP contribution in [0.15, 0.2) is 22.7 Å². The molecule has 2 rings (SSSR count). The first-order valence-corrected chi connectivity index (χ1v) is 6.66. The quantitative estimate of drug-likeness (QED) is 0.485. The van der Waals surface area contributed by atoms with Crippen LogP contribution in [0.4, 0.5) is 11.4 Å². The van der Waals surface area contributed by atoms with Crippen molar-refractivity contribution in [3.63, 3.8) is 0 Å². The fraction of sp³-hybridized carbons (Fsp3) is 0.364. The topological polar surface area (TPSA) is 63.5 Å². The van der Waals surface area contributed by atoms with Gasteiger partial charge in [0, 0.05) is 29.4 Å². The largest absolute Gasteiger partial charge is 0.306 e. The lowest BCUT2D eigenvalue weighted by Crippen LogP contribution is -2.25. The molecule has 1 heterocycles. The number of nitro benzene ring substituents is 1. The molecule has 1 aromatic carbocycles. The highest BCUT2D eigenvalue weighted by Crippen LogP contribution is 2.35. The Balaban J connectivity index is 2.41. The maximum absolute atomic E-state index is 11.9. The molecule has 0 radical (unpaired) electrons. The minimum absolute atomic E-state index is 0.0535. The molecule has 1 aliphatic heterocycles. The van der Waals surface area contributed by atoms with Crippen LogP contribution in [-0.2, 0) is 4.79 Å². The van der Waals surface area contributed by atoms with Crippen LogP contribution in [0.1, 0.15) is 6.42 Å². The van der Waals surface area contributed by atoms with Gasteiger partial charge in [-0.2, -0.15) is 0 Å². The number of alkyl halides is 1. The molecule has 1 unspecified atom stereocenters. The highest BCUT2D eigenvalue weighted by atomic mass is 79.9. The van der Waals surface area contributed by atoms with E-state index in [0.29, 0.717) is 29.0 Å². The van der Waals surface area contributed by atoms with Crippen molar-refractivity contribution >= 4 is 44.8 Å². The summed E-state index contributed by atoms with van der Waals surface area (Å²) in [5.41, 5.74) is 0.258. The van der Waals surface area contributed by atoms with Crippen molar-refractivity contribution in [3.8, 4) is 0 Å². The Hall–Kier alpha value is -1.14. The molecule has 0 saturated carbocycles. The summed E-state index contributed by atoms with van der Waals surface area (Å²) in [5, 5.41) is 11.0. The van der Waals surface area contributed by atoms with E-state index < -0.39 is 4.92 Å². The molecular weight excluding hydrogens is 323 g/mol. The van der Waals surface area contributed by atoms with Crippen molar-refractivity contribution < 1.29 is 9.72 Å². The summed E-state index contributed by atoms with van der Waals surface area (Å²) >= 11 is 9.00. The van der Waals surface area contributed by atoms with Crippen molar-refractivity contribution in [2.45, 2.75) is 6.42 Å². The van der Waals surface area contributed by atoms with Crippen LogP contribution in [0, 0.1) is 16.0 Å². The van der Waals surface area contributed by atoms with Crippen LogP contribution in [0.5, 0.6) is 0 Å². The van der Waals surface area contributed by atoms with E-state index in [0.717, 1.165) is 0 Å². The van der Waals surface area contributed by atoms with Crippen molar-refractivity contribution in [3.05, 3.63) is 32.8 Å². The molecule has 1 atom stereocenters. The number of anilines is 1. The van der Waals surface area contributed by atoms with E-state index in [1.807, 2.05) is 0 Å². The monoisotopic (exact) mass is 332 g/mol. The molecule has 1 saturated heterocycles. The summed E-state index contributed by atoms with van der Waals surface area (Å²) in [5.74, 6) is 0.309. The van der Waals surface area contributed by atoms with Gasteiger partial charge in [-0.1, -0.05) is 15.9 Å². The van der Waals surface area contributed by atoms with Gasteiger partial charge in [0.1, 0.15) is 5.69 Å². The molecule has 0 aromatic heterocycles. The van der Waals surface area contributed by atoms with E-state index in [9.17, 15) is 14.9 Å². The molecular formula is C11H10BrClN2O3. The van der Waals surface area contributed by atoms with Gasteiger partial charge in [-0.3, -0.25) is 14.9 Å². The van der Waals surface area contributed by atoms with Gasteiger partial charge in [0.2, 0.25) is 5.91 Å². The number of benzene rings is 1.